The summed E-state index contributed by atoms with van der Waals surface area (Å²) in [4.78, 5) is 11.4. The van der Waals surface area contributed by atoms with Crippen molar-refractivity contribution in [2.75, 3.05) is 0 Å². The third-order valence-electron chi connectivity index (χ3n) is 3.42. The Morgan fingerprint density at radius 2 is 1.74 bits per heavy atom. The molecule has 0 spiro atoms. The van der Waals surface area contributed by atoms with Gasteiger partial charge in [0, 0.05) is 0 Å². The molecular formula is C18H15N3O2. The van der Waals surface area contributed by atoms with Gasteiger partial charge in [-0.05, 0) is 30.7 Å². The molecule has 23 heavy (non-hydrogen) atoms. The predicted octanol–water partition coefficient (Wildman–Crippen LogP) is 3.44. The maximum atomic E-state index is 11.4. The average Bonchev–Trinajstić information content (AvgIpc) is 2.99. The highest BCUT2D eigenvalue weighted by Crippen LogP contribution is 2.16. The zero-order valence-electron chi connectivity index (χ0n) is 12.5. The van der Waals surface area contributed by atoms with Crippen molar-refractivity contribution in [3.8, 4) is 5.69 Å². The number of aryl methyl sites for hydroxylation is 1. The topological polar surface area (TPSA) is 68.0 Å². The summed E-state index contributed by atoms with van der Waals surface area (Å²) in [5.41, 5.74) is 3.27. The minimum absolute atomic E-state index is 0.0720. The van der Waals surface area contributed by atoms with Gasteiger partial charge < -0.3 is 5.11 Å². The fourth-order valence-corrected chi connectivity index (χ4v) is 2.20. The van der Waals surface area contributed by atoms with Gasteiger partial charge in [0.2, 0.25) is 0 Å². The first-order valence-electron chi connectivity index (χ1n) is 7.14. The Labute approximate surface area is 133 Å². The van der Waals surface area contributed by atoms with E-state index >= 15 is 0 Å². The summed E-state index contributed by atoms with van der Waals surface area (Å²) in [6.07, 6.45) is 3.57. The summed E-state index contributed by atoms with van der Waals surface area (Å²) in [5.74, 6) is -1.10. The summed E-state index contributed by atoms with van der Waals surface area (Å²) in [7, 11) is 0. The Kier molecular flexibility index (Phi) is 4.01. The summed E-state index contributed by atoms with van der Waals surface area (Å²) < 4.78 is 1.52. The normalized spacial score (nSPS) is 11.0. The van der Waals surface area contributed by atoms with Crippen LogP contribution in [0, 0.1) is 6.92 Å². The van der Waals surface area contributed by atoms with Gasteiger partial charge in [0.15, 0.2) is 5.69 Å². The lowest BCUT2D eigenvalue weighted by atomic mass is 10.1. The van der Waals surface area contributed by atoms with E-state index < -0.39 is 5.97 Å². The first-order chi connectivity index (χ1) is 11.1. The van der Waals surface area contributed by atoms with E-state index in [-0.39, 0.29) is 5.69 Å². The Balaban J connectivity index is 2.04. The first kappa shape index (κ1) is 14.7. The van der Waals surface area contributed by atoms with Crippen LogP contribution in [0.3, 0.4) is 0 Å². The molecular weight excluding hydrogens is 290 g/mol. The van der Waals surface area contributed by atoms with Gasteiger partial charge in [-0.1, -0.05) is 59.3 Å². The van der Waals surface area contributed by atoms with Crippen LogP contribution in [-0.4, -0.2) is 26.1 Å². The quantitative estimate of drug-likeness (QED) is 0.801. The number of hydrogen-bond donors (Lipinski definition) is 1. The molecule has 0 aliphatic heterocycles. The number of aromatic nitrogens is 3. The van der Waals surface area contributed by atoms with Gasteiger partial charge in [0.1, 0.15) is 5.69 Å². The molecule has 0 fully saturated rings. The third-order valence-corrected chi connectivity index (χ3v) is 3.42. The maximum Gasteiger partial charge on any atom is 0.358 e. The lowest BCUT2D eigenvalue weighted by Gasteiger charge is -2.03. The highest BCUT2D eigenvalue weighted by atomic mass is 16.4. The smallest absolute Gasteiger partial charge is 0.358 e. The van der Waals surface area contributed by atoms with Crippen LogP contribution in [0.4, 0.5) is 0 Å². The Morgan fingerprint density at radius 1 is 1.04 bits per heavy atom. The van der Waals surface area contributed by atoms with E-state index in [1.54, 1.807) is 6.08 Å². The molecule has 0 amide bonds. The number of benzene rings is 2. The van der Waals surface area contributed by atoms with Crippen molar-refractivity contribution in [2.45, 2.75) is 6.92 Å². The van der Waals surface area contributed by atoms with Gasteiger partial charge in [-0.25, -0.2) is 9.48 Å². The van der Waals surface area contributed by atoms with Crippen LogP contribution in [0.25, 0.3) is 17.8 Å². The van der Waals surface area contributed by atoms with Crippen molar-refractivity contribution in [1.29, 1.82) is 0 Å². The zero-order chi connectivity index (χ0) is 16.2. The van der Waals surface area contributed by atoms with Crippen LogP contribution in [-0.2, 0) is 0 Å². The molecule has 114 valence electrons. The molecule has 0 bridgehead atoms. The van der Waals surface area contributed by atoms with Crippen molar-refractivity contribution in [1.82, 2.24) is 15.0 Å². The van der Waals surface area contributed by atoms with E-state index in [1.165, 1.54) is 10.2 Å². The van der Waals surface area contributed by atoms with Crippen LogP contribution in [0.1, 0.15) is 27.3 Å². The number of para-hydroxylation sites is 1. The lowest BCUT2D eigenvalue weighted by molar-refractivity contribution is 0.0690. The number of hydrogen-bond acceptors (Lipinski definition) is 3. The van der Waals surface area contributed by atoms with Crippen LogP contribution in [0.15, 0.2) is 54.6 Å². The molecule has 2 aromatic carbocycles. The second-order valence-electron chi connectivity index (χ2n) is 5.12. The number of carboxylic acid groups (broad SMARTS) is 1. The van der Waals surface area contributed by atoms with E-state index in [4.69, 9.17) is 0 Å². The molecule has 3 aromatic rings. The highest BCUT2D eigenvalue weighted by Gasteiger charge is 2.17. The molecule has 0 saturated heterocycles. The molecule has 3 rings (SSSR count). The summed E-state index contributed by atoms with van der Waals surface area (Å²) in [6.45, 7) is 2.02. The van der Waals surface area contributed by atoms with E-state index in [0.717, 1.165) is 11.3 Å². The van der Waals surface area contributed by atoms with E-state index in [0.29, 0.717) is 5.69 Å². The molecule has 0 unspecified atom stereocenters. The van der Waals surface area contributed by atoms with Crippen molar-refractivity contribution >= 4 is 18.1 Å². The Bertz CT molecular complexity index is 850. The number of rotatable bonds is 4. The fourth-order valence-electron chi connectivity index (χ4n) is 2.20. The van der Waals surface area contributed by atoms with E-state index in [1.807, 2.05) is 67.6 Å². The molecule has 0 atom stereocenters. The molecule has 0 aliphatic rings. The lowest BCUT2D eigenvalue weighted by Crippen LogP contribution is -2.02. The third kappa shape index (κ3) is 3.18. The highest BCUT2D eigenvalue weighted by molar-refractivity contribution is 5.90. The van der Waals surface area contributed by atoms with Crippen molar-refractivity contribution in [3.05, 3.63) is 77.1 Å². The molecule has 0 saturated carbocycles. The minimum Gasteiger partial charge on any atom is -0.476 e. The van der Waals surface area contributed by atoms with Gasteiger partial charge in [-0.2, -0.15) is 0 Å². The molecule has 1 aromatic heterocycles. The molecule has 5 heteroatoms. The zero-order valence-corrected chi connectivity index (χ0v) is 12.5. The number of carbonyl (C=O) groups is 1. The standard InChI is InChI=1S/C18H15N3O2/c1-13-7-9-14(10-8-13)11-12-16-17(18(22)23)19-20-21(16)15-5-3-2-4-6-15/h2-12H,1H3,(H,22,23)/b12-11+. The van der Waals surface area contributed by atoms with Crippen LogP contribution < -0.4 is 0 Å². The maximum absolute atomic E-state index is 11.4. The SMILES string of the molecule is Cc1ccc(/C=C/c2c(C(=O)O)nnn2-c2ccccc2)cc1. The Hall–Kier alpha value is -3.21. The molecule has 5 nitrogen and oxygen atoms in total. The summed E-state index contributed by atoms with van der Waals surface area (Å²) >= 11 is 0. The van der Waals surface area contributed by atoms with Crippen molar-refractivity contribution in [3.63, 3.8) is 0 Å². The van der Waals surface area contributed by atoms with Crippen molar-refractivity contribution in [2.24, 2.45) is 0 Å². The van der Waals surface area contributed by atoms with E-state index in [9.17, 15) is 9.90 Å². The van der Waals surface area contributed by atoms with Gasteiger partial charge in [-0.15, -0.1) is 5.10 Å². The molecule has 0 radical (unpaired) electrons. The molecule has 0 aliphatic carbocycles. The van der Waals surface area contributed by atoms with Crippen molar-refractivity contribution < 1.29 is 9.90 Å². The minimum atomic E-state index is -1.10. The van der Waals surface area contributed by atoms with Crippen LogP contribution in [0.2, 0.25) is 0 Å². The van der Waals surface area contributed by atoms with Gasteiger partial charge in [0.05, 0.1) is 5.69 Å². The summed E-state index contributed by atoms with van der Waals surface area (Å²) in [6, 6.07) is 17.3. The largest absolute Gasteiger partial charge is 0.476 e. The predicted molar refractivity (Wildman–Crippen MR) is 88.4 cm³/mol. The van der Waals surface area contributed by atoms with Crippen LogP contribution in [0.5, 0.6) is 0 Å². The number of aromatic carboxylic acids is 1. The monoisotopic (exact) mass is 305 g/mol. The first-order valence-corrected chi connectivity index (χ1v) is 7.14. The molecule has 1 heterocycles. The van der Waals surface area contributed by atoms with Gasteiger partial charge >= 0.3 is 5.97 Å². The average molecular weight is 305 g/mol. The van der Waals surface area contributed by atoms with Gasteiger partial charge in [0.25, 0.3) is 0 Å². The molecule has 1 N–H and O–H groups in total. The fraction of sp³-hybridized carbons (Fsp3) is 0.0556. The number of nitrogens with zero attached hydrogens (tertiary/aromatic N) is 3. The summed E-state index contributed by atoms with van der Waals surface area (Å²) in [5, 5.41) is 17.1. The van der Waals surface area contributed by atoms with Gasteiger partial charge in [-0.3, -0.25) is 0 Å². The Morgan fingerprint density at radius 3 is 2.39 bits per heavy atom. The second-order valence-corrected chi connectivity index (χ2v) is 5.12. The number of carboxylic acids is 1. The second kappa shape index (κ2) is 6.27. The van der Waals surface area contributed by atoms with E-state index in [2.05, 4.69) is 10.3 Å². The van der Waals surface area contributed by atoms with Crippen LogP contribution >= 0.6 is 0 Å².